The lowest BCUT2D eigenvalue weighted by Gasteiger charge is -1.92. The molecule has 0 atom stereocenters. The first kappa shape index (κ1) is 7.52. The highest BCUT2D eigenvalue weighted by Gasteiger charge is 1.81. The van der Waals surface area contributed by atoms with Crippen LogP contribution < -0.4 is 0 Å². The molecular weight excluding hydrogens is 100 g/mol. The van der Waals surface area contributed by atoms with Gasteiger partial charge in [-0.1, -0.05) is 5.92 Å². The summed E-state index contributed by atoms with van der Waals surface area (Å²) in [6, 6.07) is 0. The van der Waals surface area contributed by atoms with Gasteiger partial charge in [0.15, 0.2) is 0 Å². The third-order valence-electron chi connectivity index (χ3n) is 0.900. The second-order valence-electron chi connectivity index (χ2n) is 1.63. The van der Waals surface area contributed by atoms with Crippen LogP contribution in [0.4, 0.5) is 0 Å². The van der Waals surface area contributed by atoms with Crippen molar-refractivity contribution in [2.45, 2.75) is 19.3 Å². The minimum atomic E-state index is 0.767. The summed E-state index contributed by atoms with van der Waals surface area (Å²) in [5.74, 6) is 2.32. The first-order valence-corrected chi connectivity index (χ1v) is 2.80. The Labute approximate surface area is 51.0 Å². The van der Waals surface area contributed by atoms with Crippen LogP contribution >= 0.6 is 0 Å². The molecule has 0 saturated carbocycles. The zero-order chi connectivity index (χ0) is 6.24. The fourth-order valence-electron chi connectivity index (χ4n) is 0.460. The Balaban J connectivity index is 2.65. The van der Waals surface area contributed by atoms with E-state index in [9.17, 15) is 0 Å². The number of methoxy groups -OCH3 is 1. The quantitative estimate of drug-likeness (QED) is 0.393. The van der Waals surface area contributed by atoms with E-state index in [4.69, 9.17) is 11.2 Å². The maximum atomic E-state index is 6.55. The molecule has 0 bridgehead atoms. The molecule has 0 aromatic rings. The van der Waals surface area contributed by atoms with Gasteiger partial charge in [-0.05, 0) is 19.3 Å². The Morgan fingerprint density at radius 2 is 2.25 bits per heavy atom. The third-order valence-corrected chi connectivity index (χ3v) is 0.900. The molecule has 0 aromatic heterocycles. The minimum Gasteiger partial charge on any atom is -0.385 e. The van der Waals surface area contributed by atoms with Crippen LogP contribution in [-0.4, -0.2) is 13.7 Å². The molecule has 45 valence electrons. The monoisotopic (exact) mass is 111 g/mol. The summed E-state index contributed by atoms with van der Waals surface area (Å²) >= 11 is 0. The van der Waals surface area contributed by atoms with Crippen LogP contribution in [0, 0.1) is 12.3 Å². The second-order valence-corrected chi connectivity index (χ2v) is 1.63. The predicted octanol–water partition coefficient (Wildman–Crippen LogP) is 1.39. The fourth-order valence-corrected chi connectivity index (χ4v) is 0.460. The van der Waals surface area contributed by atoms with Gasteiger partial charge in [0.1, 0.15) is 0 Å². The maximum Gasteiger partial charge on any atom is 0.0462 e. The van der Waals surface area contributed by atoms with Gasteiger partial charge in [-0.15, -0.1) is 0 Å². The van der Waals surface area contributed by atoms with Gasteiger partial charge >= 0.3 is 0 Å². The molecule has 0 unspecified atom stereocenters. The summed E-state index contributed by atoms with van der Waals surface area (Å²) in [4.78, 5) is 0. The highest BCUT2D eigenvalue weighted by Crippen LogP contribution is 1.92. The van der Waals surface area contributed by atoms with E-state index in [2.05, 4.69) is 5.92 Å². The smallest absolute Gasteiger partial charge is 0.0462 e. The van der Waals surface area contributed by atoms with Crippen molar-refractivity contribution in [3.63, 3.8) is 0 Å². The van der Waals surface area contributed by atoms with Gasteiger partial charge < -0.3 is 4.74 Å². The van der Waals surface area contributed by atoms with Gasteiger partial charge in [0, 0.05) is 20.1 Å². The van der Waals surface area contributed by atoms with Crippen molar-refractivity contribution in [3.8, 4) is 5.92 Å². The van der Waals surface area contributed by atoms with E-state index in [-0.39, 0.29) is 0 Å². The summed E-state index contributed by atoms with van der Waals surface area (Å²) in [5, 5.41) is 0. The summed E-state index contributed by atoms with van der Waals surface area (Å²) < 4.78 is 4.80. The van der Waals surface area contributed by atoms with Crippen LogP contribution in [0.5, 0.6) is 0 Å². The maximum absolute atomic E-state index is 6.55. The van der Waals surface area contributed by atoms with Crippen molar-refractivity contribution < 1.29 is 4.74 Å². The lowest BCUT2D eigenvalue weighted by molar-refractivity contribution is 0.193. The van der Waals surface area contributed by atoms with E-state index < -0.39 is 0 Å². The van der Waals surface area contributed by atoms with Gasteiger partial charge in [-0.3, -0.25) is 0 Å². The molecule has 0 rings (SSSR count). The SMILES string of the molecule is [C]#CCCCCOC. The molecular formula is C7H11O. The lowest BCUT2D eigenvalue weighted by atomic mass is 10.2. The normalized spacial score (nSPS) is 8.50. The largest absolute Gasteiger partial charge is 0.385 e. The van der Waals surface area contributed by atoms with Gasteiger partial charge in [0.2, 0.25) is 0 Å². The molecule has 0 N–H and O–H groups in total. The zero-order valence-corrected chi connectivity index (χ0v) is 5.24. The molecule has 8 heavy (non-hydrogen) atoms. The minimum absolute atomic E-state index is 0.767. The van der Waals surface area contributed by atoms with E-state index in [0.717, 1.165) is 25.9 Å². The van der Waals surface area contributed by atoms with E-state index in [1.54, 1.807) is 7.11 Å². The number of rotatable bonds is 4. The average molecular weight is 111 g/mol. The molecule has 0 fully saturated rings. The van der Waals surface area contributed by atoms with Crippen LogP contribution in [-0.2, 0) is 4.74 Å². The summed E-state index contributed by atoms with van der Waals surface area (Å²) in [5.41, 5.74) is 0. The Morgan fingerprint density at radius 1 is 1.50 bits per heavy atom. The van der Waals surface area contributed by atoms with Crippen LogP contribution in [0.15, 0.2) is 0 Å². The van der Waals surface area contributed by atoms with Crippen molar-refractivity contribution >= 4 is 0 Å². The molecule has 0 amide bonds. The Kier molecular flexibility index (Phi) is 6.13. The van der Waals surface area contributed by atoms with Crippen molar-refractivity contribution in [1.82, 2.24) is 0 Å². The van der Waals surface area contributed by atoms with Crippen molar-refractivity contribution in [3.05, 3.63) is 6.42 Å². The molecule has 1 radical (unpaired) electrons. The standard InChI is InChI=1S/C7H11O/c1-3-4-5-6-7-8-2/h4-7H2,2H3. The topological polar surface area (TPSA) is 9.23 Å². The van der Waals surface area contributed by atoms with Crippen molar-refractivity contribution in [2.24, 2.45) is 0 Å². The fraction of sp³-hybridized carbons (Fsp3) is 0.714. The average Bonchev–Trinajstić information content (AvgIpc) is 1.81. The van der Waals surface area contributed by atoms with Gasteiger partial charge in [-0.2, -0.15) is 0 Å². The van der Waals surface area contributed by atoms with E-state index in [1.807, 2.05) is 0 Å². The molecule has 0 heterocycles. The Morgan fingerprint density at radius 3 is 2.75 bits per heavy atom. The zero-order valence-electron chi connectivity index (χ0n) is 5.24. The number of hydrogen-bond acceptors (Lipinski definition) is 1. The molecule has 0 spiro atoms. The summed E-state index contributed by atoms with van der Waals surface area (Å²) in [7, 11) is 1.69. The summed E-state index contributed by atoms with van der Waals surface area (Å²) in [6.45, 7) is 0.807. The first-order valence-electron chi connectivity index (χ1n) is 2.80. The van der Waals surface area contributed by atoms with Crippen LogP contribution in [0.3, 0.4) is 0 Å². The molecule has 1 nitrogen and oxygen atoms in total. The molecule has 0 aliphatic heterocycles. The van der Waals surface area contributed by atoms with Gasteiger partial charge in [0.25, 0.3) is 0 Å². The first-order chi connectivity index (χ1) is 3.91. The molecule has 0 aliphatic carbocycles. The Hall–Kier alpha value is -0.480. The van der Waals surface area contributed by atoms with Crippen LogP contribution in [0.2, 0.25) is 0 Å². The number of hydrogen-bond donors (Lipinski definition) is 0. The van der Waals surface area contributed by atoms with Gasteiger partial charge in [0.05, 0.1) is 0 Å². The van der Waals surface area contributed by atoms with Crippen molar-refractivity contribution in [1.29, 1.82) is 0 Å². The van der Waals surface area contributed by atoms with Crippen molar-refractivity contribution in [2.75, 3.05) is 13.7 Å². The predicted molar refractivity (Wildman–Crippen MR) is 32.9 cm³/mol. The van der Waals surface area contributed by atoms with E-state index in [0.29, 0.717) is 0 Å². The lowest BCUT2D eigenvalue weighted by Crippen LogP contribution is -1.86. The number of unbranched alkanes of at least 4 members (excludes halogenated alkanes) is 2. The Bertz CT molecular complexity index is 70.9. The summed E-state index contributed by atoms with van der Waals surface area (Å²) in [6.07, 6.45) is 9.38. The molecule has 0 aromatic carbocycles. The third kappa shape index (κ3) is 5.52. The van der Waals surface area contributed by atoms with Gasteiger partial charge in [-0.25, -0.2) is 0 Å². The highest BCUT2D eigenvalue weighted by molar-refractivity contribution is 4.73. The van der Waals surface area contributed by atoms with E-state index in [1.165, 1.54) is 0 Å². The molecule has 0 aliphatic rings. The number of ether oxygens (including phenoxy) is 1. The highest BCUT2D eigenvalue weighted by atomic mass is 16.5. The molecule has 1 heteroatoms. The van der Waals surface area contributed by atoms with Crippen LogP contribution in [0.25, 0.3) is 0 Å². The second kappa shape index (κ2) is 6.52. The van der Waals surface area contributed by atoms with Crippen LogP contribution in [0.1, 0.15) is 19.3 Å². The van der Waals surface area contributed by atoms with E-state index >= 15 is 0 Å². The molecule has 0 saturated heterocycles.